The summed E-state index contributed by atoms with van der Waals surface area (Å²) in [6.07, 6.45) is 17.5. The van der Waals surface area contributed by atoms with Crippen LogP contribution in [0.3, 0.4) is 0 Å². The predicted molar refractivity (Wildman–Crippen MR) is 388 cm³/mol. The molecule has 562 valence electrons. The third kappa shape index (κ3) is 38.0. The highest BCUT2D eigenvalue weighted by Crippen LogP contribution is 2.42. The topological polar surface area (TPSA) is 305 Å². The van der Waals surface area contributed by atoms with Crippen molar-refractivity contribution in [1.29, 1.82) is 0 Å². The van der Waals surface area contributed by atoms with E-state index in [4.69, 9.17) is 18.9 Å². The molecule has 11 aliphatic rings. The molecule has 13 unspecified atom stereocenters. The van der Waals surface area contributed by atoms with E-state index in [1.807, 2.05) is 37.2 Å². The maximum absolute atomic E-state index is 11.1. The summed E-state index contributed by atoms with van der Waals surface area (Å²) < 4.78 is 87.7. The molecule has 20 nitrogen and oxygen atoms in total. The van der Waals surface area contributed by atoms with E-state index in [0.717, 1.165) is 151 Å². The molecule has 0 bridgehead atoms. The average Bonchev–Trinajstić information content (AvgIpc) is 1.74. The molecule has 11 fully saturated rings. The Morgan fingerprint density at radius 1 is 0.553 bits per heavy atom. The zero-order chi connectivity index (χ0) is 70.1. The van der Waals surface area contributed by atoms with Crippen LogP contribution in [0.4, 0.5) is 0 Å². The molecule has 1 aliphatic carbocycles. The van der Waals surface area contributed by atoms with Crippen molar-refractivity contribution in [2.45, 2.75) is 171 Å². The average molecular weight is 1450 g/mol. The molecular weight excluding hydrogens is 1310 g/mol. The Labute approximate surface area is 589 Å². The number of ether oxygens (including phenoxy) is 4. The standard InChI is InChI=1S/C11H21NO.2C8H17NO.2C6H13NO2S.2C6H13NOS.2C6H13NS.C5H11NO/c1-11(2)7-8-5-4-6-9(12-3)10(8)13-11;1-8(2)6-10-5-7(8)4-9-3;1-8(2)4-5-10-7(8)6-9-3;1-7-4-6-2-3-10(8,9)5-6;1-7-5-6-3-2-4-10(6,8)9;1-7-4-6-2-3-9(8)5-6;1-7-5-6-3-2-4-9(6)8;1-7-4-6-2-3-8-5-6;1-7-5-6-3-2-4-8-6;1-6-2-5-3-7-4-5/h8-10H,3-7,12H2,1-2H3;2*7H,3-6,9H2,1-2H3;2*6H,1-5,7H2;2*6H,1-5,7H2;2*6H,1-5,7H2;5H,1-4,6H2. The van der Waals surface area contributed by atoms with Gasteiger partial charge in [-0.05, 0) is 132 Å². The number of quaternary nitrogens is 10. The number of hydrogen-bond acceptors (Lipinski definition) is 12. The van der Waals surface area contributed by atoms with Crippen LogP contribution in [-0.2, 0) is 60.2 Å². The van der Waals surface area contributed by atoms with Gasteiger partial charge in [-0.1, -0.05) is 27.7 Å². The quantitative estimate of drug-likeness (QED) is 0.0568. The van der Waals surface area contributed by atoms with Crippen molar-refractivity contribution in [3.63, 3.8) is 0 Å². The Morgan fingerprint density at radius 3 is 1.64 bits per heavy atom. The molecule has 10 saturated heterocycles. The van der Waals surface area contributed by atoms with E-state index >= 15 is 0 Å². The van der Waals surface area contributed by atoms with Gasteiger partial charge in [-0.2, -0.15) is 94.0 Å². The number of sulfone groups is 2. The van der Waals surface area contributed by atoms with Gasteiger partial charge >= 0.3 is 0 Å². The number of hydrogen-bond donors (Lipinski definition) is 10. The normalized spacial score (nSPS) is 32.4. The van der Waals surface area contributed by atoms with Crippen molar-refractivity contribution in [3.05, 3.63) is 70.5 Å². The van der Waals surface area contributed by atoms with Crippen LogP contribution >= 0.6 is 23.5 Å². The first-order chi connectivity index (χ1) is 44.7. The minimum atomic E-state index is -2.72. The highest BCUT2D eigenvalue weighted by atomic mass is 32.2. The van der Waals surface area contributed by atoms with E-state index in [1.54, 1.807) is 10.6 Å². The number of nitrogens with two attached hydrogens (primary N) is 10. The fourth-order valence-electron chi connectivity index (χ4n) is 13.4. The van der Waals surface area contributed by atoms with Gasteiger partial charge in [0, 0.05) is 74.9 Å². The van der Waals surface area contributed by atoms with Crippen LogP contribution in [0.5, 0.6) is 0 Å². The van der Waals surface area contributed by atoms with E-state index in [-0.39, 0.29) is 10.9 Å². The van der Waals surface area contributed by atoms with Crippen LogP contribution < -0.4 is 53.2 Å². The second-order valence-corrected chi connectivity index (χ2v) is 39.8. The van der Waals surface area contributed by atoms with E-state index < -0.39 is 41.3 Å². The molecule has 0 radical (unpaired) electrons. The summed E-state index contributed by atoms with van der Waals surface area (Å²) in [6.45, 7) is 27.2. The van der Waals surface area contributed by atoms with Crippen molar-refractivity contribution >= 4 is 64.8 Å². The van der Waals surface area contributed by atoms with Crippen LogP contribution in [-0.4, -0.2) is 209 Å². The molecule has 0 aromatic carbocycles. The number of thioether (sulfide) groups is 2. The summed E-state index contributed by atoms with van der Waals surface area (Å²) in [5.41, 5.74) is 0.851. The summed E-state index contributed by atoms with van der Waals surface area (Å²) in [7, 11) is 30.4. The van der Waals surface area contributed by atoms with E-state index in [0.29, 0.717) is 75.9 Å². The Balaban J connectivity index is 0.000000357. The Morgan fingerprint density at radius 2 is 1.19 bits per heavy atom. The fraction of sp³-hybridized carbons (Fsp3) is 0.853. The van der Waals surface area contributed by atoms with Crippen molar-refractivity contribution < 1.29 is 97.4 Å². The zero-order valence-corrected chi connectivity index (χ0v) is 64.9. The molecule has 11 rings (SSSR count). The summed E-state index contributed by atoms with van der Waals surface area (Å²) in [5, 5.41) is 20.5. The van der Waals surface area contributed by atoms with E-state index in [9.17, 15) is 25.3 Å². The largest absolute Gasteiger partial charge is 0.479 e. The highest BCUT2D eigenvalue weighted by Gasteiger charge is 2.46. The summed E-state index contributed by atoms with van der Waals surface area (Å²) in [5.74, 6) is 12.2. The first-order valence-electron chi connectivity index (χ1n) is 35.6. The molecule has 13 atom stereocenters. The maximum Gasteiger partial charge on any atom is 0.158 e. The number of fused-ring (bicyclic) bond motifs is 1. The van der Waals surface area contributed by atoms with Crippen LogP contribution in [0.2, 0.25) is 0 Å². The fourth-order valence-corrected chi connectivity index (χ4v) is 22.8. The molecule has 26 heteroatoms. The van der Waals surface area contributed by atoms with Gasteiger partial charge in [0.05, 0.1) is 131 Å². The van der Waals surface area contributed by atoms with Gasteiger partial charge in [-0.3, -0.25) is 8.42 Å². The molecule has 94 heavy (non-hydrogen) atoms. The van der Waals surface area contributed by atoms with E-state index in [2.05, 4.69) is 141 Å². The molecule has 0 aromatic rings. The molecular formula is C68H144N10O10S6. The lowest BCUT2D eigenvalue weighted by Crippen LogP contribution is -2.87. The van der Waals surface area contributed by atoms with Gasteiger partial charge in [0.15, 0.2) is 19.7 Å². The molecule has 0 amide bonds. The third-order valence-corrected chi connectivity index (χ3v) is 29.6. The second kappa shape index (κ2) is 50.7. The third-order valence-electron chi connectivity index (χ3n) is 19.4. The van der Waals surface area contributed by atoms with Crippen molar-refractivity contribution in [1.82, 2.24) is 0 Å². The van der Waals surface area contributed by atoms with Crippen LogP contribution in [0.25, 0.3) is 0 Å². The van der Waals surface area contributed by atoms with Crippen molar-refractivity contribution in [2.75, 3.05) is 144 Å². The second-order valence-electron chi connectivity index (χ2n) is 29.1. The van der Waals surface area contributed by atoms with Crippen molar-refractivity contribution in [3.8, 4) is 0 Å². The van der Waals surface area contributed by atoms with Gasteiger partial charge < -0.3 is 72.1 Å². The van der Waals surface area contributed by atoms with E-state index in [1.165, 1.54) is 81.7 Å². The Kier molecular flexibility index (Phi) is 48.7. The lowest BCUT2D eigenvalue weighted by Gasteiger charge is -2.32. The molecule has 1 saturated carbocycles. The monoisotopic (exact) mass is 1450 g/mol. The van der Waals surface area contributed by atoms with Gasteiger partial charge in [-0.15, -0.1) is 0 Å². The Hall–Kier alpha value is 0.340. The Bertz CT molecular complexity index is 2140. The first-order valence-corrected chi connectivity index (χ1v) is 44.2. The SMILES string of the molecule is [CH2-][NH2+]C1CCCC2CC(C)(C)OC21.[CH2-][NH2+]CC1CCCS1.[CH2-][NH2+]CC1CCCS1(=O)=O.[CH2-][NH2+]CC1CCCS1=O.[CH2-][NH2+]CC1CCS(=O)(=O)C1.[CH2-][NH2+]CC1CCS(=O)C1.[CH2-][NH2+]CC1CCSC1.[CH2-][NH2+]CC1COC1.[CH2-][NH2+]CC1COCC1(C)C.[CH2-][NH2+]CC1OCCC1(C)C. The lowest BCUT2D eigenvalue weighted by molar-refractivity contribution is -0.646. The maximum atomic E-state index is 11.1. The zero-order valence-electron chi connectivity index (χ0n) is 60.0. The molecule has 20 N–H and O–H groups in total. The van der Waals surface area contributed by atoms with Gasteiger partial charge in [0.2, 0.25) is 0 Å². The molecule has 0 aromatic heterocycles. The van der Waals surface area contributed by atoms with Gasteiger partial charge in [-0.25, -0.2) is 16.8 Å². The van der Waals surface area contributed by atoms with Crippen LogP contribution in [0.15, 0.2) is 0 Å². The molecule has 10 heterocycles. The minimum absolute atomic E-state index is 0.112. The molecule has 10 aliphatic heterocycles. The first kappa shape index (κ1) is 90.4. The smallest absolute Gasteiger partial charge is 0.158 e. The summed E-state index contributed by atoms with van der Waals surface area (Å²) >= 11 is 4.17. The minimum Gasteiger partial charge on any atom is -0.479 e. The summed E-state index contributed by atoms with van der Waals surface area (Å²) in [6, 6.07) is 0.612. The van der Waals surface area contributed by atoms with Crippen LogP contribution in [0, 0.1) is 117 Å². The molecule has 0 spiro atoms. The predicted octanol–water partition coefficient (Wildman–Crippen LogP) is -3.38. The highest BCUT2D eigenvalue weighted by molar-refractivity contribution is 8.00. The lowest BCUT2D eigenvalue weighted by atomic mass is 9.81. The number of rotatable bonds is 19. The van der Waals surface area contributed by atoms with Gasteiger partial charge in [0.1, 0.15) is 17.5 Å². The summed E-state index contributed by atoms with van der Waals surface area (Å²) in [4.78, 5) is 0. The van der Waals surface area contributed by atoms with Crippen LogP contribution in [0.1, 0.15) is 131 Å². The van der Waals surface area contributed by atoms with Gasteiger partial charge in [0.25, 0.3) is 0 Å². The van der Waals surface area contributed by atoms with Crippen molar-refractivity contribution in [2.24, 2.45) is 46.3 Å².